The van der Waals surface area contributed by atoms with E-state index in [1.165, 1.54) is 0 Å². The second kappa shape index (κ2) is 2.97. The maximum absolute atomic E-state index is 9.52. The third kappa shape index (κ3) is 3.76. The largest absolute Gasteiger partial charge is 0.291 e. The minimum absolute atomic E-state index is 0.766. The molecule has 34 valence electrons. The van der Waals surface area contributed by atoms with Gasteiger partial charge >= 0.3 is 0 Å². The lowest BCUT2D eigenvalue weighted by Crippen LogP contribution is -1.57. The van der Waals surface area contributed by atoms with Crippen molar-refractivity contribution in [3.8, 4) is 0 Å². The van der Waals surface area contributed by atoms with Crippen molar-refractivity contribution in [3.05, 3.63) is 11.5 Å². The van der Waals surface area contributed by atoms with E-state index < -0.39 is 0 Å². The Labute approximate surface area is 41.4 Å². The number of hydrogen-bond donors (Lipinski definition) is 0. The predicted molar refractivity (Wildman–Crippen MR) is 29.2 cm³/mol. The molecule has 0 saturated heterocycles. The quantitative estimate of drug-likeness (QED) is 0.491. The molecule has 0 atom stereocenters. The van der Waals surface area contributed by atoms with Gasteiger partial charge in [-0.05, 0) is 11.8 Å². The lowest BCUT2D eigenvalue weighted by atomic mass is 10.8. The van der Waals surface area contributed by atoms with Gasteiger partial charge in [0.2, 0.25) is 0 Å². The maximum Gasteiger partial charge on any atom is 0.180 e. The summed E-state index contributed by atoms with van der Waals surface area (Å²) in [5.41, 5.74) is 0.766. The summed E-state index contributed by atoms with van der Waals surface area (Å²) in [5, 5.41) is 0. The summed E-state index contributed by atoms with van der Waals surface area (Å²) < 4.78 is 0. The average Bonchev–Trinajstić information content (AvgIpc) is 1.35. The van der Waals surface area contributed by atoms with E-state index in [1.54, 1.807) is 6.92 Å². The Kier molecular flexibility index (Phi) is 2.85. The zero-order valence-electron chi connectivity index (χ0n) is 3.60. The Hall–Kier alpha value is -0.240. The number of carbonyl (C=O) groups excluding carboxylic acids is 1. The van der Waals surface area contributed by atoms with Crippen molar-refractivity contribution in [2.24, 2.45) is 0 Å². The molecule has 0 aromatic heterocycles. The Bertz CT molecular complexity index is 67.9. The van der Waals surface area contributed by atoms with Gasteiger partial charge in [0.15, 0.2) is 5.62 Å². The molecule has 0 aliphatic carbocycles. The van der Waals surface area contributed by atoms with Gasteiger partial charge in [-0.2, -0.15) is 0 Å². The first-order valence-corrected chi connectivity index (χ1v) is 2.41. The molecule has 0 aromatic carbocycles. The molecule has 0 aliphatic rings. The van der Waals surface area contributed by atoms with Crippen LogP contribution in [-0.4, -0.2) is 5.62 Å². The normalized spacial score (nSPS) is 7.50. The Morgan fingerprint density at radius 2 is 2.50 bits per heavy atom. The molecule has 2 heteroatoms. The second-order valence-corrected chi connectivity index (χ2v) is 2.04. The fourth-order valence-electron chi connectivity index (χ4n) is 0.0821. The van der Waals surface area contributed by atoms with Crippen molar-refractivity contribution < 1.29 is 4.79 Å². The zero-order valence-corrected chi connectivity index (χ0v) is 4.42. The molecule has 0 saturated carbocycles. The molecule has 1 nitrogen and oxygen atoms in total. The lowest BCUT2D eigenvalue weighted by Gasteiger charge is -1.78. The van der Waals surface area contributed by atoms with Crippen molar-refractivity contribution in [1.82, 2.24) is 0 Å². The molecule has 0 unspecified atom stereocenters. The van der Waals surface area contributed by atoms with Gasteiger partial charge < -0.3 is 0 Å². The molecule has 0 rings (SSSR count). The van der Waals surface area contributed by atoms with Gasteiger partial charge in [-0.3, -0.25) is 4.79 Å². The molecule has 0 fully saturated rings. The van der Waals surface area contributed by atoms with Crippen molar-refractivity contribution in [2.45, 2.75) is 6.92 Å². The minimum atomic E-state index is 0.766. The highest BCUT2D eigenvalue weighted by atomic mass is 32.2. The molecule has 0 bridgehead atoms. The summed E-state index contributed by atoms with van der Waals surface area (Å²) in [6, 6.07) is 0. The van der Waals surface area contributed by atoms with Gasteiger partial charge in [-0.25, -0.2) is 0 Å². The summed E-state index contributed by atoms with van der Waals surface area (Å²) in [7, 11) is 0. The molecule has 0 heterocycles. The highest BCUT2D eigenvalue weighted by Gasteiger charge is 1.76. The standard InChI is InChI=1S/C4H6OS/c1-4(2)6-3-5/h3H,1H2,2H3. The van der Waals surface area contributed by atoms with Crippen LogP contribution >= 0.6 is 11.8 Å². The molecule has 0 amide bonds. The van der Waals surface area contributed by atoms with Crippen LogP contribution < -0.4 is 0 Å². The number of allylic oxidation sites excluding steroid dienone is 1. The van der Waals surface area contributed by atoms with Gasteiger partial charge in [0.05, 0.1) is 0 Å². The van der Waals surface area contributed by atoms with E-state index in [4.69, 9.17) is 0 Å². The van der Waals surface area contributed by atoms with Crippen molar-refractivity contribution in [3.63, 3.8) is 0 Å². The molecular weight excluding hydrogens is 96.1 g/mol. The average molecular weight is 102 g/mol. The summed E-state index contributed by atoms with van der Waals surface area (Å²) in [6.07, 6.45) is 0. The highest BCUT2D eigenvalue weighted by molar-refractivity contribution is 8.15. The monoisotopic (exact) mass is 102 g/mol. The first kappa shape index (κ1) is 5.76. The number of carbonyl (C=O) groups is 1. The van der Waals surface area contributed by atoms with Crippen LogP contribution in [0.3, 0.4) is 0 Å². The van der Waals surface area contributed by atoms with Crippen molar-refractivity contribution >= 4 is 17.4 Å². The minimum Gasteiger partial charge on any atom is -0.291 e. The first-order valence-electron chi connectivity index (χ1n) is 1.53. The summed E-state index contributed by atoms with van der Waals surface area (Å²) in [4.78, 5) is 10.4. The predicted octanol–water partition coefficient (Wildman–Crippen LogP) is 1.44. The fourth-order valence-corrected chi connectivity index (χ4v) is 0.246. The summed E-state index contributed by atoms with van der Waals surface area (Å²) in [5.74, 6) is 0. The van der Waals surface area contributed by atoms with E-state index in [2.05, 4.69) is 6.58 Å². The number of hydrogen-bond acceptors (Lipinski definition) is 2. The van der Waals surface area contributed by atoms with Crippen LogP contribution in [0.5, 0.6) is 0 Å². The third-order valence-electron chi connectivity index (χ3n) is 0.249. The summed E-state index contributed by atoms with van der Waals surface area (Å²) >= 11 is 1.11. The van der Waals surface area contributed by atoms with E-state index in [9.17, 15) is 4.79 Å². The summed E-state index contributed by atoms with van der Waals surface area (Å²) in [6.45, 7) is 5.27. The highest BCUT2D eigenvalue weighted by Crippen LogP contribution is 2.04. The van der Waals surface area contributed by atoms with Gasteiger partial charge in [-0.1, -0.05) is 18.3 Å². The van der Waals surface area contributed by atoms with E-state index in [1.807, 2.05) is 0 Å². The molecule has 0 spiro atoms. The van der Waals surface area contributed by atoms with Crippen LogP contribution in [0.1, 0.15) is 6.92 Å². The molecule has 0 aromatic rings. The van der Waals surface area contributed by atoms with Crippen LogP contribution in [0.25, 0.3) is 0 Å². The van der Waals surface area contributed by atoms with Gasteiger partial charge in [0.25, 0.3) is 0 Å². The molecule has 0 radical (unpaired) electrons. The maximum atomic E-state index is 9.52. The van der Waals surface area contributed by atoms with Crippen LogP contribution in [0.15, 0.2) is 11.5 Å². The number of rotatable bonds is 2. The van der Waals surface area contributed by atoms with E-state index in [-0.39, 0.29) is 0 Å². The number of thioether (sulfide) groups is 1. The lowest BCUT2D eigenvalue weighted by molar-refractivity contribution is 0.570. The Balaban J connectivity index is 3.05. The van der Waals surface area contributed by atoms with Crippen molar-refractivity contribution in [1.29, 1.82) is 0 Å². The molecule has 0 aliphatic heterocycles. The van der Waals surface area contributed by atoms with Gasteiger partial charge in [0, 0.05) is 0 Å². The third-order valence-corrected chi connectivity index (χ3v) is 0.748. The van der Waals surface area contributed by atoms with Gasteiger partial charge in [0.1, 0.15) is 0 Å². The van der Waals surface area contributed by atoms with Gasteiger partial charge in [-0.15, -0.1) is 0 Å². The zero-order chi connectivity index (χ0) is 4.99. The Morgan fingerprint density at radius 1 is 2.00 bits per heavy atom. The van der Waals surface area contributed by atoms with Crippen LogP contribution in [0, 0.1) is 0 Å². The molecule has 6 heavy (non-hydrogen) atoms. The molecule has 0 N–H and O–H groups in total. The van der Waals surface area contributed by atoms with Crippen LogP contribution in [0.2, 0.25) is 0 Å². The van der Waals surface area contributed by atoms with E-state index >= 15 is 0 Å². The molecular formula is C4H6OS. The smallest absolute Gasteiger partial charge is 0.180 e. The van der Waals surface area contributed by atoms with E-state index in [0.717, 1.165) is 22.3 Å². The van der Waals surface area contributed by atoms with E-state index in [0.29, 0.717) is 0 Å². The first-order chi connectivity index (χ1) is 2.77. The SMILES string of the molecule is C=C(C)SC=O. The van der Waals surface area contributed by atoms with Crippen molar-refractivity contribution in [2.75, 3.05) is 0 Å². The second-order valence-electron chi connectivity index (χ2n) is 0.916. The van der Waals surface area contributed by atoms with Crippen LogP contribution in [-0.2, 0) is 4.79 Å². The topological polar surface area (TPSA) is 17.1 Å². The Morgan fingerprint density at radius 3 is 2.50 bits per heavy atom. The fraction of sp³-hybridized carbons (Fsp3) is 0.250. The van der Waals surface area contributed by atoms with Crippen LogP contribution in [0.4, 0.5) is 0 Å².